The molecular formula is C11H10FNO2. The predicted molar refractivity (Wildman–Crippen MR) is 54.5 cm³/mol. The molecule has 1 aromatic heterocycles. The second kappa shape index (κ2) is 3.38. The molecule has 0 spiro atoms. The maximum atomic E-state index is 13.4. The predicted octanol–water partition coefficient (Wildman–Crippen LogP) is 2.50. The Labute approximate surface area is 85.7 Å². The first-order valence-electron chi connectivity index (χ1n) is 4.66. The molecule has 0 saturated carbocycles. The summed E-state index contributed by atoms with van der Waals surface area (Å²) in [5.74, 6) is -1.42. The summed E-state index contributed by atoms with van der Waals surface area (Å²) >= 11 is 0. The van der Waals surface area contributed by atoms with Gasteiger partial charge in [-0.3, -0.25) is 0 Å². The van der Waals surface area contributed by atoms with Crippen molar-refractivity contribution in [2.75, 3.05) is 0 Å². The molecule has 3 nitrogen and oxygen atoms in total. The lowest BCUT2D eigenvalue weighted by Crippen LogP contribution is -2.06. The number of fused-ring (bicyclic) bond motifs is 1. The quantitative estimate of drug-likeness (QED) is 0.822. The number of carboxylic acid groups (broad SMARTS) is 1. The standard InChI is InChI=1S/C11H10FNO2/c1-2-13-9-5-3-4-8(12)7(9)6-10(13)11(14)15/h3-6H,2H2,1H3,(H,14,15). The van der Waals surface area contributed by atoms with Crippen LogP contribution in [-0.4, -0.2) is 15.6 Å². The SMILES string of the molecule is CCn1c(C(=O)O)cc2c(F)cccc21. The van der Waals surface area contributed by atoms with Gasteiger partial charge >= 0.3 is 5.97 Å². The summed E-state index contributed by atoms with van der Waals surface area (Å²) < 4.78 is 15.0. The van der Waals surface area contributed by atoms with Gasteiger partial charge in [0.1, 0.15) is 11.5 Å². The van der Waals surface area contributed by atoms with Gasteiger partial charge in [0, 0.05) is 11.9 Å². The highest BCUT2D eigenvalue weighted by molar-refractivity contribution is 5.94. The summed E-state index contributed by atoms with van der Waals surface area (Å²) in [7, 11) is 0. The summed E-state index contributed by atoms with van der Waals surface area (Å²) in [6, 6.07) is 5.99. The molecule has 2 rings (SSSR count). The van der Waals surface area contributed by atoms with Gasteiger partial charge in [-0.2, -0.15) is 0 Å². The van der Waals surface area contributed by atoms with Gasteiger partial charge in [-0.25, -0.2) is 9.18 Å². The lowest BCUT2D eigenvalue weighted by Gasteiger charge is -2.03. The first kappa shape index (κ1) is 9.71. The molecule has 15 heavy (non-hydrogen) atoms. The zero-order valence-electron chi connectivity index (χ0n) is 8.20. The number of carbonyl (C=O) groups is 1. The molecule has 0 unspecified atom stereocenters. The van der Waals surface area contributed by atoms with Crippen LogP contribution in [-0.2, 0) is 6.54 Å². The Bertz CT molecular complexity index is 531. The van der Waals surface area contributed by atoms with Gasteiger partial charge in [0.2, 0.25) is 0 Å². The highest BCUT2D eigenvalue weighted by Crippen LogP contribution is 2.22. The van der Waals surface area contributed by atoms with Crippen LogP contribution in [0.25, 0.3) is 10.9 Å². The van der Waals surface area contributed by atoms with Crippen molar-refractivity contribution >= 4 is 16.9 Å². The fourth-order valence-corrected chi connectivity index (χ4v) is 1.77. The van der Waals surface area contributed by atoms with Crippen molar-refractivity contribution in [1.29, 1.82) is 0 Å². The molecule has 1 N–H and O–H groups in total. The summed E-state index contributed by atoms with van der Waals surface area (Å²) in [5, 5.41) is 9.30. The van der Waals surface area contributed by atoms with Crippen molar-refractivity contribution in [3.8, 4) is 0 Å². The maximum absolute atomic E-state index is 13.4. The minimum atomic E-state index is -1.03. The van der Waals surface area contributed by atoms with E-state index in [9.17, 15) is 9.18 Å². The number of halogens is 1. The zero-order valence-corrected chi connectivity index (χ0v) is 8.20. The molecule has 1 aromatic carbocycles. The number of aromatic carboxylic acids is 1. The van der Waals surface area contributed by atoms with E-state index in [4.69, 9.17) is 5.11 Å². The molecule has 0 aliphatic rings. The molecule has 2 aromatic rings. The molecule has 0 atom stereocenters. The fourth-order valence-electron chi connectivity index (χ4n) is 1.77. The van der Waals surface area contributed by atoms with E-state index >= 15 is 0 Å². The van der Waals surface area contributed by atoms with Crippen molar-refractivity contribution in [3.05, 3.63) is 35.8 Å². The van der Waals surface area contributed by atoms with Gasteiger partial charge in [-0.1, -0.05) is 6.07 Å². The molecule has 0 aliphatic carbocycles. The third-order valence-corrected chi connectivity index (χ3v) is 2.43. The molecule has 0 bridgehead atoms. The number of hydrogen-bond donors (Lipinski definition) is 1. The number of aromatic nitrogens is 1. The summed E-state index contributed by atoms with van der Waals surface area (Å²) in [6.45, 7) is 2.34. The molecule has 1 heterocycles. The van der Waals surface area contributed by atoms with E-state index < -0.39 is 5.97 Å². The number of aryl methyl sites for hydroxylation is 1. The lowest BCUT2D eigenvalue weighted by atomic mass is 10.2. The lowest BCUT2D eigenvalue weighted by molar-refractivity contribution is 0.0686. The average molecular weight is 207 g/mol. The Morgan fingerprint density at radius 3 is 2.87 bits per heavy atom. The number of hydrogen-bond acceptors (Lipinski definition) is 1. The number of nitrogens with zero attached hydrogens (tertiary/aromatic N) is 1. The fraction of sp³-hybridized carbons (Fsp3) is 0.182. The summed E-state index contributed by atoms with van der Waals surface area (Å²) in [6.07, 6.45) is 0. The van der Waals surface area contributed by atoms with E-state index in [1.807, 2.05) is 6.92 Å². The molecule has 0 amide bonds. The first-order valence-corrected chi connectivity index (χ1v) is 4.66. The van der Waals surface area contributed by atoms with Crippen LogP contribution in [0.1, 0.15) is 17.4 Å². The Balaban J connectivity index is 2.84. The van der Waals surface area contributed by atoms with E-state index in [1.54, 1.807) is 16.7 Å². The minimum absolute atomic E-state index is 0.123. The Morgan fingerprint density at radius 1 is 1.53 bits per heavy atom. The van der Waals surface area contributed by atoms with Crippen molar-refractivity contribution in [3.63, 3.8) is 0 Å². The highest BCUT2D eigenvalue weighted by Gasteiger charge is 2.14. The second-order valence-electron chi connectivity index (χ2n) is 3.25. The van der Waals surface area contributed by atoms with E-state index in [0.29, 0.717) is 17.4 Å². The minimum Gasteiger partial charge on any atom is -0.477 e. The molecule has 0 saturated heterocycles. The molecule has 78 valence electrons. The van der Waals surface area contributed by atoms with Crippen LogP contribution in [0.3, 0.4) is 0 Å². The van der Waals surface area contributed by atoms with Gasteiger partial charge in [0.05, 0.1) is 5.52 Å². The topological polar surface area (TPSA) is 42.2 Å². The van der Waals surface area contributed by atoms with Crippen LogP contribution in [0, 0.1) is 5.82 Å². The van der Waals surface area contributed by atoms with Gasteiger partial charge in [-0.05, 0) is 25.1 Å². The second-order valence-corrected chi connectivity index (χ2v) is 3.25. The van der Waals surface area contributed by atoms with E-state index in [2.05, 4.69) is 0 Å². The third kappa shape index (κ3) is 1.38. The van der Waals surface area contributed by atoms with Crippen LogP contribution in [0.15, 0.2) is 24.3 Å². The van der Waals surface area contributed by atoms with Gasteiger partial charge in [0.15, 0.2) is 0 Å². The smallest absolute Gasteiger partial charge is 0.352 e. The third-order valence-electron chi connectivity index (χ3n) is 2.43. The number of benzene rings is 1. The van der Waals surface area contributed by atoms with Crippen LogP contribution in [0.2, 0.25) is 0 Å². The summed E-state index contributed by atoms with van der Waals surface area (Å²) in [5.41, 5.74) is 0.743. The van der Waals surface area contributed by atoms with Crippen LogP contribution < -0.4 is 0 Å². The van der Waals surface area contributed by atoms with E-state index in [1.165, 1.54) is 12.1 Å². The van der Waals surface area contributed by atoms with Crippen molar-refractivity contribution in [2.45, 2.75) is 13.5 Å². The van der Waals surface area contributed by atoms with E-state index in [-0.39, 0.29) is 11.5 Å². The number of rotatable bonds is 2. The Hall–Kier alpha value is -1.84. The Kier molecular flexibility index (Phi) is 2.19. The monoisotopic (exact) mass is 207 g/mol. The molecule has 0 fully saturated rings. The molecule has 0 aliphatic heterocycles. The van der Waals surface area contributed by atoms with Gasteiger partial charge < -0.3 is 9.67 Å². The van der Waals surface area contributed by atoms with Crippen molar-refractivity contribution in [2.24, 2.45) is 0 Å². The van der Waals surface area contributed by atoms with Crippen LogP contribution in [0.5, 0.6) is 0 Å². The molecule has 0 radical (unpaired) electrons. The maximum Gasteiger partial charge on any atom is 0.352 e. The first-order chi connectivity index (χ1) is 7.15. The largest absolute Gasteiger partial charge is 0.477 e. The summed E-state index contributed by atoms with van der Waals surface area (Å²) in [4.78, 5) is 10.9. The highest BCUT2D eigenvalue weighted by atomic mass is 19.1. The molecule has 4 heteroatoms. The van der Waals surface area contributed by atoms with Gasteiger partial charge in [-0.15, -0.1) is 0 Å². The Morgan fingerprint density at radius 2 is 2.27 bits per heavy atom. The number of carboxylic acids is 1. The normalized spacial score (nSPS) is 10.8. The van der Waals surface area contributed by atoms with Crippen LogP contribution >= 0.6 is 0 Å². The van der Waals surface area contributed by atoms with E-state index in [0.717, 1.165) is 0 Å². The zero-order chi connectivity index (χ0) is 11.0. The van der Waals surface area contributed by atoms with Gasteiger partial charge in [0.25, 0.3) is 0 Å². The average Bonchev–Trinajstić information content (AvgIpc) is 2.57. The molecular weight excluding hydrogens is 197 g/mol. The van der Waals surface area contributed by atoms with Crippen LogP contribution in [0.4, 0.5) is 4.39 Å². The van der Waals surface area contributed by atoms with Crippen molar-refractivity contribution < 1.29 is 14.3 Å². The van der Waals surface area contributed by atoms with Crippen molar-refractivity contribution in [1.82, 2.24) is 4.57 Å².